The second-order valence-corrected chi connectivity index (χ2v) is 5.03. The van der Waals surface area contributed by atoms with Crippen LogP contribution in [0.4, 0.5) is 0 Å². The number of rotatable bonds is 1. The predicted molar refractivity (Wildman–Crippen MR) is 74.5 cm³/mol. The molecule has 1 amide bonds. The minimum Gasteiger partial charge on any atom is -0.378 e. The Kier molecular flexibility index (Phi) is 3.03. The molecule has 1 N–H and O–H groups in total. The van der Waals surface area contributed by atoms with Gasteiger partial charge in [0.1, 0.15) is 0 Å². The number of aryl methyl sites for hydroxylation is 2. The highest BCUT2D eigenvalue weighted by Crippen LogP contribution is 2.26. The highest BCUT2D eigenvalue weighted by Gasteiger charge is 2.23. The van der Waals surface area contributed by atoms with E-state index in [2.05, 4.69) is 18.0 Å². The van der Waals surface area contributed by atoms with E-state index in [9.17, 15) is 4.79 Å². The first kappa shape index (κ1) is 12.2. The molecule has 100 valence electrons. The van der Waals surface area contributed by atoms with Gasteiger partial charge < -0.3 is 14.6 Å². The first-order valence-corrected chi connectivity index (χ1v) is 6.63. The standard InChI is InChI=1S/C15H18N2O2/c1-10-4-3-5-12-13(11(2)16-14(10)12)15(18)17-6-8-19-9-7-17/h3-5,16H,6-9H2,1-2H3. The van der Waals surface area contributed by atoms with Gasteiger partial charge in [-0.05, 0) is 19.4 Å². The molecule has 1 fully saturated rings. The molecule has 2 heterocycles. The fourth-order valence-electron chi connectivity index (χ4n) is 2.69. The number of para-hydroxylation sites is 1. The van der Waals surface area contributed by atoms with Gasteiger partial charge in [0.15, 0.2) is 0 Å². The Bertz CT molecular complexity index is 624. The number of nitrogens with one attached hydrogen (secondary N) is 1. The molecule has 1 aliphatic heterocycles. The van der Waals surface area contributed by atoms with E-state index in [1.165, 1.54) is 5.56 Å². The van der Waals surface area contributed by atoms with Crippen molar-refractivity contribution in [1.29, 1.82) is 0 Å². The first-order valence-electron chi connectivity index (χ1n) is 6.63. The zero-order chi connectivity index (χ0) is 13.4. The third-order valence-electron chi connectivity index (χ3n) is 3.74. The molecule has 0 unspecified atom stereocenters. The van der Waals surface area contributed by atoms with Crippen molar-refractivity contribution in [3.8, 4) is 0 Å². The molecule has 2 aromatic rings. The average Bonchev–Trinajstić information content (AvgIpc) is 2.77. The predicted octanol–water partition coefficient (Wildman–Crippen LogP) is 2.26. The van der Waals surface area contributed by atoms with Gasteiger partial charge >= 0.3 is 0 Å². The van der Waals surface area contributed by atoms with Crippen molar-refractivity contribution < 1.29 is 9.53 Å². The van der Waals surface area contributed by atoms with E-state index >= 15 is 0 Å². The van der Waals surface area contributed by atoms with Gasteiger partial charge in [0.25, 0.3) is 5.91 Å². The summed E-state index contributed by atoms with van der Waals surface area (Å²) in [5.74, 6) is 0.109. The molecule has 1 aromatic heterocycles. The minimum atomic E-state index is 0.109. The van der Waals surface area contributed by atoms with Gasteiger partial charge in [-0.2, -0.15) is 0 Å². The van der Waals surface area contributed by atoms with Crippen molar-refractivity contribution in [2.75, 3.05) is 26.3 Å². The minimum absolute atomic E-state index is 0.109. The quantitative estimate of drug-likeness (QED) is 0.852. The number of carbonyl (C=O) groups is 1. The number of benzene rings is 1. The van der Waals surface area contributed by atoms with Gasteiger partial charge in [-0.25, -0.2) is 0 Å². The van der Waals surface area contributed by atoms with E-state index in [4.69, 9.17) is 4.74 Å². The summed E-state index contributed by atoms with van der Waals surface area (Å²) < 4.78 is 5.30. The van der Waals surface area contributed by atoms with Gasteiger partial charge in [0, 0.05) is 29.7 Å². The van der Waals surface area contributed by atoms with Crippen LogP contribution in [0.3, 0.4) is 0 Å². The summed E-state index contributed by atoms with van der Waals surface area (Å²) in [6.07, 6.45) is 0. The molecule has 1 aromatic carbocycles. The number of ether oxygens (including phenoxy) is 1. The van der Waals surface area contributed by atoms with E-state index in [1.54, 1.807) is 0 Å². The van der Waals surface area contributed by atoms with Crippen molar-refractivity contribution in [3.63, 3.8) is 0 Å². The summed E-state index contributed by atoms with van der Waals surface area (Å²) in [6.45, 7) is 6.64. The van der Waals surface area contributed by atoms with Crippen LogP contribution >= 0.6 is 0 Å². The molecule has 4 heteroatoms. The van der Waals surface area contributed by atoms with Crippen molar-refractivity contribution in [2.24, 2.45) is 0 Å². The maximum absolute atomic E-state index is 12.7. The molecule has 0 saturated carbocycles. The maximum atomic E-state index is 12.7. The van der Waals surface area contributed by atoms with E-state index in [1.807, 2.05) is 24.0 Å². The molecule has 1 saturated heterocycles. The summed E-state index contributed by atoms with van der Waals surface area (Å²) >= 11 is 0. The summed E-state index contributed by atoms with van der Waals surface area (Å²) in [6, 6.07) is 6.07. The molecule has 0 aliphatic carbocycles. The largest absolute Gasteiger partial charge is 0.378 e. The second-order valence-electron chi connectivity index (χ2n) is 5.03. The highest BCUT2D eigenvalue weighted by molar-refractivity contribution is 6.08. The summed E-state index contributed by atoms with van der Waals surface area (Å²) in [4.78, 5) is 17.9. The Balaban J connectivity index is 2.06. The number of aromatic nitrogens is 1. The number of H-pyrrole nitrogens is 1. The number of nitrogens with zero attached hydrogens (tertiary/aromatic N) is 1. The molecule has 3 rings (SSSR count). The highest BCUT2D eigenvalue weighted by atomic mass is 16.5. The van der Waals surface area contributed by atoms with Crippen LogP contribution in [0.15, 0.2) is 18.2 Å². The lowest BCUT2D eigenvalue weighted by Crippen LogP contribution is -2.40. The lowest BCUT2D eigenvalue weighted by molar-refractivity contribution is 0.0303. The Morgan fingerprint density at radius 2 is 2.00 bits per heavy atom. The Hall–Kier alpha value is -1.81. The Labute approximate surface area is 112 Å². The van der Waals surface area contributed by atoms with E-state index < -0.39 is 0 Å². The lowest BCUT2D eigenvalue weighted by atomic mass is 10.1. The number of amides is 1. The molecule has 4 nitrogen and oxygen atoms in total. The maximum Gasteiger partial charge on any atom is 0.256 e. The fourth-order valence-corrected chi connectivity index (χ4v) is 2.69. The monoisotopic (exact) mass is 258 g/mol. The SMILES string of the molecule is Cc1[nH]c2c(C)cccc2c1C(=O)N1CCOCC1. The van der Waals surface area contributed by atoms with Gasteiger partial charge in [-0.1, -0.05) is 18.2 Å². The summed E-state index contributed by atoms with van der Waals surface area (Å²) in [5, 5.41) is 1.02. The van der Waals surface area contributed by atoms with Crippen LogP contribution < -0.4 is 0 Å². The van der Waals surface area contributed by atoms with Crippen LogP contribution in [0, 0.1) is 13.8 Å². The van der Waals surface area contributed by atoms with Crippen molar-refractivity contribution in [3.05, 3.63) is 35.0 Å². The molecule has 0 bridgehead atoms. The van der Waals surface area contributed by atoms with Crippen molar-refractivity contribution in [2.45, 2.75) is 13.8 Å². The number of aromatic amines is 1. The topological polar surface area (TPSA) is 45.3 Å². The van der Waals surface area contributed by atoms with E-state index in [0.717, 1.165) is 22.2 Å². The summed E-state index contributed by atoms with van der Waals surface area (Å²) in [5.41, 5.74) is 3.99. The van der Waals surface area contributed by atoms with Crippen molar-refractivity contribution >= 4 is 16.8 Å². The molecule has 1 aliphatic rings. The average molecular weight is 258 g/mol. The van der Waals surface area contributed by atoms with Gasteiger partial charge in [0.2, 0.25) is 0 Å². The summed E-state index contributed by atoms with van der Waals surface area (Å²) in [7, 11) is 0. The number of hydrogen-bond donors (Lipinski definition) is 1. The van der Waals surface area contributed by atoms with Crippen LogP contribution in [0.5, 0.6) is 0 Å². The van der Waals surface area contributed by atoms with Gasteiger partial charge in [-0.15, -0.1) is 0 Å². The van der Waals surface area contributed by atoms with Gasteiger partial charge in [0.05, 0.1) is 18.8 Å². The van der Waals surface area contributed by atoms with Crippen LogP contribution in [-0.2, 0) is 4.74 Å². The van der Waals surface area contributed by atoms with E-state index in [-0.39, 0.29) is 5.91 Å². The molecule has 0 radical (unpaired) electrons. The van der Waals surface area contributed by atoms with Crippen LogP contribution in [0.1, 0.15) is 21.6 Å². The molecule has 19 heavy (non-hydrogen) atoms. The van der Waals surface area contributed by atoms with Crippen LogP contribution in [0.25, 0.3) is 10.9 Å². The normalized spacial score (nSPS) is 16.0. The Morgan fingerprint density at radius 3 is 2.74 bits per heavy atom. The number of hydrogen-bond acceptors (Lipinski definition) is 2. The lowest BCUT2D eigenvalue weighted by Gasteiger charge is -2.27. The third-order valence-corrected chi connectivity index (χ3v) is 3.74. The van der Waals surface area contributed by atoms with Gasteiger partial charge in [-0.3, -0.25) is 4.79 Å². The van der Waals surface area contributed by atoms with Crippen LogP contribution in [-0.4, -0.2) is 42.1 Å². The molecular weight excluding hydrogens is 240 g/mol. The number of carbonyl (C=O) groups excluding carboxylic acids is 1. The van der Waals surface area contributed by atoms with E-state index in [0.29, 0.717) is 26.3 Å². The fraction of sp³-hybridized carbons (Fsp3) is 0.400. The first-order chi connectivity index (χ1) is 9.18. The molecular formula is C15H18N2O2. The number of fused-ring (bicyclic) bond motifs is 1. The van der Waals surface area contributed by atoms with Crippen molar-refractivity contribution in [1.82, 2.24) is 9.88 Å². The zero-order valence-electron chi connectivity index (χ0n) is 11.3. The Morgan fingerprint density at radius 1 is 1.26 bits per heavy atom. The third kappa shape index (κ3) is 2.02. The smallest absolute Gasteiger partial charge is 0.256 e. The van der Waals surface area contributed by atoms with Crippen LogP contribution in [0.2, 0.25) is 0 Å². The zero-order valence-corrected chi connectivity index (χ0v) is 11.3. The molecule has 0 atom stereocenters. The molecule has 0 spiro atoms. The second kappa shape index (κ2) is 4.70. The number of morpholine rings is 1.